The van der Waals surface area contributed by atoms with E-state index in [0.29, 0.717) is 13.1 Å². The van der Waals surface area contributed by atoms with Gasteiger partial charge in [0.25, 0.3) is 5.91 Å². The third-order valence-electron chi connectivity index (χ3n) is 4.70. The van der Waals surface area contributed by atoms with Crippen molar-refractivity contribution in [2.75, 3.05) is 39.1 Å². The number of nitrogens with zero attached hydrogens (tertiary/aromatic N) is 2. The van der Waals surface area contributed by atoms with Gasteiger partial charge in [-0.25, -0.2) is 21.1 Å². The van der Waals surface area contributed by atoms with E-state index in [9.17, 15) is 21.6 Å². The second kappa shape index (κ2) is 10.4. The lowest BCUT2D eigenvalue weighted by atomic mass is 10.2. The maximum absolute atomic E-state index is 12.8. The number of hydrogen-bond acceptors (Lipinski definition) is 6. The van der Waals surface area contributed by atoms with Gasteiger partial charge in [-0.1, -0.05) is 19.9 Å². The molecule has 0 unspecified atom stereocenters. The van der Waals surface area contributed by atoms with Crippen LogP contribution in [0.2, 0.25) is 0 Å². The molecule has 176 valence electrons. The third kappa shape index (κ3) is 5.47. The van der Waals surface area contributed by atoms with E-state index in [0.717, 1.165) is 4.31 Å². The molecule has 32 heavy (non-hydrogen) atoms. The van der Waals surface area contributed by atoms with Gasteiger partial charge in [0, 0.05) is 38.4 Å². The van der Waals surface area contributed by atoms with Gasteiger partial charge >= 0.3 is 0 Å². The SMILES string of the molecule is CCOc1ccc(NC(=O)c2cccc(S(=O)(=O)N(CC)CC)c2)cc1S(=O)(=O)N(C)C. The van der Waals surface area contributed by atoms with Crippen LogP contribution in [0, 0.1) is 0 Å². The van der Waals surface area contributed by atoms with Crippen LogP contribution in [-0.2, 0) is 20.0 Å². The summed E-state index contributed by atoms with van der Waals surface area (Å²) in [5.41, 5.74) is 0.361. The zero-order chi connectivity index (χ0) is 24.1. The minimum atomic E-state index is -3.82. The molecule has 0 fully saturated rings. The van der Waals surface area contributed by atoms with Crippen LogP contribution in [0.25, 0.3) is 0 Å². The van der Waals surface area contributed by atoms with Crippen LogP contribution in [0.4, 0.5) is 5.69 Å². The van der Waals surface area contributed by atoms with Crippen molar-refractivity contribution in [3.8, 4) is 5.75 Å². The van der Waals surface area contributed by atoms with E-state index in [4.69, 9.17) is 4.74 Å². The molecule has 9 nitrogen and oxygen atoms in total. The molecular formula is C21H29N3O6S2. The summed E-state index contributed by atoms with van der Waals surface area (Å²) in [4.78, 5) is 12.7. The number of rotatable bonds is 10. The van der Waals surface area contributed by atoms with Crippen LogP contribution in [0.15, 0.2) is 52.3 Å². The summed E-state index contributed by atoms with van der Waals surface area (Å²) in [6, 6.07) is 10.0. The Morgan fingerprint density at radius 2 is 1.59 bits per heavy atom. The predicted octanol–water partition coefficient (Wildman–Crippen LogP) is 2.62. The highest BCUT2D eigenvalue weighted by atomic mass is 32.2. The highest BCUT2D eigenvalue weighted by molar-refractivity contribution is 7.89. The standard InChI is InChI=1S/C21H29N3O6S2/c1-6-24(7-2)31(26,27)18-11-9-10-16(14-18)21(25)22-17-12-13-19(30-8-3)20(15-17)32(28,29)23(4)5/h9-15H,6-8H2,1-5H3,(H,22,25). The lowest BCUT2D eigenvalue weighted by molar-refractivity contribution is 0.102. The second-order valence-corrected chi connectivity index (χ2v) is 11.0. The zero-order valence-electron chi connectivity index (χ0n) is 18.8. The van der Waals surface area contributed by atoms with E-state index in [2.05, 4.69) is 5.32 Å². The van der Waals surface area contributed by atoms with Crippen molar-refractivity contribution in [3.63, 3.8) is 0 Å². The molecule has 0 saturated heterocycles. The van der Waals surface area contributed by atoms with Gasteiger partial charge in [0.1, 0.15) is 10.6 Å². The quantitative estimate of drug-likeness (QED) is 0.556. The van der Waals surface area contributed by atoms with Gasteiger partial charge in [0.05, 0.1) is 11.5 Å². The summed E-state index contributed by atoms with van der Waals surface area (Å²) in [6.45, 7) is 6.11. The highest BCUT2D eigenvalue weighted by Crippen LogP contribution is 2.29. The Morgan fingerprint density at radius 3 is 2.16 bits per heavy atom. The highest BCUT2D eigenvalue weighted by Gasteiger charge is 2.25. The molecule has 0 aliphatic heterocycles. The molecule has 2 rings (SSSR count). The molecule has 0 bridgehead atoms. The summed E-state index contributed by atoms with van der Waals surface area (Å²) in [6.07, 6.45) is 0. The Kier molecular flexibility index (Phi) is 8.41. The molecule has 2 aromatic rings. The second-order valence-electron chi connectivity index (χ2n) is 6.95. The lowest BCUT2D eigenvalue weighted by Gasteiger charge is -2.19. The van der Waals surface area contributed by atoms with E-state index in [-0.39, 0.29) is 33.4 Å². The first-order valence-electron chi connectivity index (χ1n) is 10.1. The van der Waals surface area contributed by atoms with Crippen LogP contribution in [0.3, 0.4) is 0 Å². The topological polar surface area (TPSA) is 113 Å². The number of benzene rings is 2. The molecule has 0 aliphatic rings. The van der Waals surface area contributed by atoms with E-state index < -0.39 is 26.0 Å². The van der Waals surface area contributed by atoms with Gasteiger partial charge in [-0.3, -0.25) is 4.79 Å². The minimum absolute atomic E-state index is 0.0106. The Morgan fingerprint density at radius 1 is 0.938 bits per heavy atom. The molecule has 1 N–H and O–H groups in total. The van der Waals surface area contributed by atoms with Crippen molar-refractivity contribution in [1.82, 2.24) is 8.61 Å². The molecular weight excluding hydrogens is 454 g/mol. The smallest absolute Gasteiger partial charge is 0.255 e. The molecule has 0 saturated carbocycles. The molecule has 11 heteroatoms. The summed E-state index contributed by atoms with van der Waals surface area (Å²) >= 11 is 0. The normalized spacial score (nSPS) is 12.2. The fourth-order valence-corrected chi connectivity index (χ4v) is 5.53. The number of anilines is 1. The van der Waals surface area contributed by atoms with Crippen molar-refractivity contribution in [3.05, 3.63) is 48.0 Å². The lowest BCUT2D eigenvalue weighted by Crippen LogP contribution is -2.30. The number of ether oxygens (including phenoxy) is 1. The maximum Gasteiger partial charge on any atom is 0.255 e. The van der Waals surface area contributed by atoms with Gasteiger partial charge in [-0.15, -0.1) is 0 Å². The van der Waals surface area contributed by atoms with Crippen molar-refractivity contribution in [2.45, 2.75) is 30.6 Å². The largest absolute Gasteiger partial charge is 0.492 e. The van der Waals surface area contributed by atoms with Crippen molar-refractivity contribution in [1.29, 1.82) is 0 Å². The molecule has 0 radical (unpaired) electrons. The fraction of sp³-hybridized carbons (Fsp3) is 0.381. The van der Waals surface area contributed by atoms with E-state index in [1.165, 1.54) is 60.9 Å². The van der Waals surface area contributed by atoms with Crippen LogP contribution >= 0.6 is 0 Å². The molecule has 0 heterocycles. The molecule has 1 amide bonds. The molecule has 0 spiro atoms. The van der Waals surface area contributed by atoms with Gasteiger partial charge in [-0.2, -0.15) is 4.31 Å². The monoisotopic (exact) mass is 483 g/mol. The van der Waals surface area contributed by atoms with Crippen molar-refractivity contribution < 1.29 is 26.4 Å². The molecule has 2 aromatic carbocycles. The molecule has 0 atom stereocenters. The Balaban J connectivity index is 2.40. The zero-order valence-corrected chi connectivity index (χ0v) is 20.5. The van der Waals surface area contributed by atoms with Crippen LogP contribution in [0.5, 0.6) is 5.75 Å². The number of amides is 1. The first-order valence-corrected chi connectivity index (χ1v) is 13.0. The number of carbonyl (C=O) groups excluding carboxylic acids is 1. The van der Waals surface area contributed by atoms with Gasteiger partial charge < -0.3 is 10.1 Å². The summed E-state index contributed by atoms with van der Waals surface area (Å²) in [7, 11) is -4.75. The fourth-order valence-electron chi connectivity index (χ4n) is 2.97. The summed E-state index contributed by atoms with van der Waals surface area (Å²) in [5.74, 6) is -0.398. The molecule has 0 aliphatic carbocycles. The number of nitrogens with one attached hydrogen (secondary N) is 1. The predicted molar refractivity (Wildman–Crippen MR) is 123 cm³/mol. The van der Waals surface area contributed by atoms with Gasteiger partial charge in [0.2, 0.25) is 20.0 Å². The van der Waals surface area contributed by atoms with Crippen molar-refractivity contribution >= 4 is 31.6 Å². The van der Waals surface area contributed by atoms with Crippen LogP contribution < -0.4 is 10.1 Å². The molecule has 0 aromatic heterocycles. The van der Waals surface area contributed by atoms with E-state index in [1.54, 1.807) is 20.8 Å². The average Bonchev–Trinajstić information content (AvgIpc) is 2.75. The van der Waals surface area contributed by atoms with Crippen LogP contribution in [0.1, 0.15) is 31.1 Å². The van der Waals surface area contributed by atoms with E-state index >= 15 is 0 Å². The summed E-state index contributed by atoms with van der Waals surface area (Å²) in [5, 5.41) is 2.63. The first-order chi connectivity index (χ1) is 15.0. The summed E-state index contributed by atoms with van der Waals surface area (Å²) < 4.78 is 58.6. The Labute approximate surface area is 190 Å². The first kappa shape index (κ1) is 25.8. The van der Waals surface area contributed by atoms with Crippen LogP contribution in [-0.4, -0.2) is 65.1 Å². The number of sulfonamides is 2. The van der Waals surface area contributed by atoms with Gasteiger partial charge in [0.15, 0.2) is 0 Å². The Hall–Kier alpha value is -2.47. The van der Waals surface area contributed by atoms with E-state index in [1.807, 2.05) is 0 Å². The Bertz CT molecular complexity index is 1170. The average molecular weight is 484 g/mol. The maximum atomic E-state index is 12.8. The number of carbonyl (C=O) groups is 1. The number of hydrogen-bond donors (Lipinski definition) is 1. The minimum Gasteiger partial charge on any atom is -0.492 e. The van der Waals surface area contributed by atoms with Gasteiger partial charge in [-0.05, 0) is 43.3 Å². The van der Waals surface area contributed by atoms with Crippen molar-refractivity contribution in [2.24, 2.45) is 0 Å². The third-order valence-corrected chi connectivity index (χ3v) is 8.58.